The molecular weight excluding hydrogens is 385 g/mol. The number of benzene rings is 1. The van der Waals surface area contributed by atoms with Crippen molar-refractivity contribution in [2.75, 3.05) is 37.0 Å². The van der Waals surface area contributed by atoms with Crippen LogP contribution < -0.4 is 15.1 Å². The Kier molecular flexibility index (Phi) is 6.19. The van der Waals surface area contributed by atoms with Gasteiger partial charge < -0.3 is 15.1 Å². The minimum absolute atomic E-state index is 0.0457. The summed E-state index contributed by atoms with van der Waals surface area (Å²) in [6, 6.07) is 4.07. The molecule has 156 valence electrons. The number of alkyl halides is 3. The van der Waals surface area contributed by atoms with Crippen molar-refractivity contribution in [1.82, 2.24) is 20.3 Å². The van der Waals surface area contributed by atoms with Gasteiger partial charge in [-0.3, -0.25) is 4.79 Å². The molecule has 1 aromatic heterocycles. The maximum atomic E-state index is 12.7. The van der Waals surface area contributed by atoms with Crippen LogP contribution in [0.1, 0.15) is 41.0 Å². The van der Waals surface area contributed by atoms with Gasteiger partial charge in [0, 0.05) is 32.7 Å². The highest BCUT2D eigenvalue weighted by atomic mass is 19.4. The number of aromatic nitrogens is 3. The Labute approximate surface area is 167 Å². The number of nitrogens with zero attached hydrogens (tertiary/aromatic N) is 5. The Hall–Kier alpha value is -2.91. The Morgan fingerprint density at radius 2 is 1.72 bits per heavy atom. The predicted octanol–water partition coefficient (Wildman–Crippen LogP) is 2.88. The fraction of sp³-hybridized carbons (Fsp3) is 0.474. The Bertz CT molecular complexity index is 848. The van der Waals surface area contributed by atoms with Crippen LogP contribution in [0.4, 0.5) is 25.1 Å². The number of nitrogens with one attached hydrogen (secondary N) is 1. The highest BCUT2D eigenvalue weighted by molar-refractivity contribution is 5.94. The average Bonchev–Trinajstić information content (AvgIpc) is 2.72. The summed E-state index contributed by atoms with van der Waals surface area (Å²) in [5.41, 5.74) is -0.663. The minimum Gasteiger partial charge on any atom is -0.347 e. The van der Waals surface area contributed by atoms with Gasteiger partial charge in [0.2, 0.25) is 11.9 Å². The van der Waals surface area contributed by atoms with E-state index in [1.54, 1.807) is 4.90 Å². The molecule has 1 N–H and O–H groups in total. The minimum atomic E-state index is -4.44. The molecule has 2 aromatic rings. The normalized spacial score (nSPS) is 14.6. The summed E-state index contributed by atoms with van der Waals surface area (Å²) in [7, 11) is 3.64. The number of carbonyl (C=O) groups is 1. The number of carbonyl (C=O) groups excluding carboxylic acids is 1. The number of hydrogen-bond donors (Lipinski definition) is 1. The van der Waals surface area contributed by atoms with E-state index in [1.165, 1.54) is 6.42 Å². The van der Waals surface area contributed by atoms with Crippen LogP contribution in [-0.4, -0.2) is 48.0 Å². The SMILES string of the molecule is CN(C)c1nc(CNC(=O)c2ccc(C(F)(F)F)cc2)nc(N2CCCCC2)n1. The monoisotopic (exact) mass is 408 g/mol. The first-order valence-electron chi connectivity index (χ1n) is 9.37. The molecule has 7 nitrogen and oxygen atoms in total. The fourth-order valence-corrected chi connectivity index (χ4v) is 2.98. The van der Waals surface area contributed by atoms with Gasteiger partial charge in [-0.25, -0.2) is 0 Å². The van der Waals surface area contributed by atoms with Gasteiger partial charge in [-0.1, -0.05) is 0 Å². The summed E-state index contributed by atoms with van der Waals surface area (Å²) in [6.45, 7) is 1.78. The first kappa shape index (κ1) is 20.8. The molecule has 0 atom stereocenters. The van der Waals surface area contributed by atoms with Gasteiger partial charge in [0.25, 0.3) is 5.91 Å². The Morgan fingerprint density at radius 3 is 2.31 bits per heavy atom. The molecule has 2 heterocycles. The van der Waals surface area contributed by atoms with E-state index in [0.29, 0.717) is 17.7 Å². The van der Waals surface area contributed by atoms with Crippen LogP contribution in [0.2, 0.25) is 0 Å². The number of amides is 1. The standard InChI is InChI=1S/C19H23F3N6O/c1-27(2)17-24-15(25-18(26-17)28-10-4-3-5-11-28)12-23-16(29)13-6-8-14(9-7-13)19(20,21)22/h6-9H,3-5,10-12H2,1-2H3,(H,23,29). The highest BCUT2D eigenvalue weighted by Gasteiger charge is 2.30. The van der Waals surface area contributed by atoms with Crippen molar-refractivity contribution in [1.29, 1.82) is 0 Å². The van der Waals surface area contributed by atoms with Gasteiger partial charge in [0.05, 0.1) is 12.1 Å². The Balaban J connectivity index is 1.72. The predicted molar refractivity (Wildman–Crippen MR) is 103 cm³/mol. The van der Waals surface area contributed by atoms with E-state index < -0.39 is 17.6 Å². The van der Waals surface area contributed by atoms with Crippen molar-refractivity contribution in [2.45, 2.75) is 32.0 Å². The third-order valence-electron chi connectivity index (χ3n) is 4.58. The second-order valence-electron chi connectivity index (χ2n) is 7.05. The van der Waals surface area contributed by atoms with Crippen LogP contribution in [0.5, 0.6) is 0 Å². The van der Waals surface area contributed by atoms with Crippen LogP contribution in [0.3, 0.4) is 0 Å². The molecular formula is C19H23F3N6O. The van der Waals surface area contributed by atoms with Crippen LogP contribution in [-0.2, 0) is 12.7 Å². The largest absolute Gasteiger partial charge is 0.416 e. The lowest BCUT2D eigenvalue weighted by Gasteiger charge is -2.27. The first-order valence-corrected chi connectivity index (χ1v) is 9.37. The number of piperidine rings is 1. The van der Waals surface area contributed by atoms with Gasteiger partial charge in [-0.2, -0.15) is 28.1 Å². The number of halogens is 3. The molecule has 0 aliphatic carbocycles. The second-order valence-corrected chi connectivity index (χ2v) is 7.05. The maximum Gasteiger partial charge on any atom is 0.416 e. The molecule has 1 amide bonds. The van der Waals surface area contributed by atoms with Crippen LogP contribution in [0.15, 0.2) is 24.3 Å². The lowest BCUT2D eigenvalue weighted by molar-refractivity contribution is -0.137. The van der Waals surface area contributed by atoms with E-state index in [9.17, 15) is 18.0 Å². The van der Waals surface area contributed by atoms with Crippen molar-refractivity contribution >= 4 is 17.8 Å². The van der Waals surface area contributed by atoms with Crippen molar-refractivity contribution in [3.05, 3.63) is 41.2 Å². The number of hydrogen-bond acceptors (Lipinski definition) is 6. The number of rotatable bonds is 5. The lowest BCUT2D eigenvalue weighted by atomic mass is 10.1. The van der Waals surface area contributed by atoms with Gasteiger partial charge in [0.1, 0.15) is 0 Å². The van der Waals surface area contributed by atoms with E-state index in [4.69, 9.17) is 0 Å². The molecule has 1 fully saturated rings. The fourth-order valence-electron chi connectivity index (χ4n) is 2.98. The molecule has 1 aromatic carbocycles. The molecule has 1 aliphatic heterocycles. The molecule has 1 saturated heterocycles. The van der Waals surface area contributed by atoms with Gasteiger partial charge in [0.15, 0.2) is 5.82 Å². The molecule has 3 rings (SSSR count). The third kappa shape index (κ3) is 5.33. The summed E-state index contributed by atoms with van der Waals surface area (Å²) in [6.07, 6.45) is -1.11. The lowest BCUT2D eigenvalue weighted by Crippen LogP contribution is -2.33. The highest BCUT2D eigenvalue weighted by Crippen LogP contribution is 2.29. The summed E-state index contributed by atoms with van der Waals surface area (Å²) in [5, 5.41) is 2.66. The molecule has 0 spiro atoms. The molecule has 1 aliphatic rings. The quantitative estimate of drug-likeness (QED) is 0.820. The Morgan fingerprint density at radius 1 is 1.07 bits per heavy atom. The van der Waals surface area contributed by atoms with Crippen molar-refractivity contribution in [3.8, 4) is 0 Å². The van der Waals surface area contributed by atoms with E-state index in [1.807, 2.05) is 14.1 Å². The van der Waals surface area contributed by atoms with E-state index in [0.717, 1.165) is 50.2 Å². The molecule has 0 saturated carbocycles. The van der Waals surface area contributed by atoms with Crippen LogP contribution in [0, 0.1) is 0 Å². The van der Waals surface area contributed by atoms with Gasteiger partial charge in [-0.05, 0) is 43.5 Å². The van der Waals surface area contributed by atoms with Crippen LogP contribution in [0.25, 0.3) is 0 Å². The van der Waals surface area contributed by atoms with Gasteiger partial charge >= 0.3 is 6.18 Å². The van der Waals surface area contributed by atoms with E-state index >= 15 is 0 Å². The topological polar surface area (TPSA) is 74.2 Å². The average molecular weight is 408 g/mol. The molecule has 10 heteroatoms. The molecule has 29 heavy (non-hydrogen) atoms. The maximum absolute atomic E-state index is 12.7. The summed E-state index contributed by atoms with van der Waals surface area (Å²) in [5.74, 6) is 0.955. The summed E-state index contributed by atoms with van der Waals surface area (Å²) < 4.78 is 38.0. The third-order valence-corrected chi connectivity index (χ3v) is 4.58. The summed E-state index contributed by atoms with van der Waals surface area (Å²) in [4.78, 5) is 29.5. The van der Waals surface area contributed by atoms with E-state index in [2.05, 4.69) is 25.2 Å². The molecule has 0 unspecified atom stereocenters. The molecule has 0 bridgehead atoms. The zero-order chi connectivity index (χ0) is 21.0. The van der Waals surface area contributed by atoms with Crippen LogP contribution >= 0.6 is 0 Å². The second kappa shape index (κ2) is 8.62. The number of anilines is 2. The molecule has 0 radical (unpaired) electrons. The van der Waals surface area contributed by atoms with E-state index in [-0.39, 0.29) is 12.1 Å². The van der Waals surface area contributed by atoms with Crippen molar-refractivity contribution in [3.63, 3.8) is 0 Å². The van der Waals surface area contributed by atoms with Crippen molar-refractivity contribution < 1.29 is 18.0 Å². The zero-order valence-electron chi connectivity index (χ0n) is 16.3. The summed E-state index contributed by atoms with van der Waals surface area (Å²) >= 11 is 0. The zero-order valence-corrected chi connectivity index (χ0v) is 16.3. The smallest absolute Gasteiger partial charge is 0.347 e. The first-order chi connectivity index (χ1) is 13.7. The van der Waals surface area contributed by atoms with Gasteiger partial charge in [-0.15, -0.1) is 0 Å². The van der Waals surface area contributed by atoms with Crippen molar-refractivity contribution in [2.24, 2.45) is 0 Å².